The lowest BCUT2D eigenvalue weighted by Gasteiger charge is -2.27. The summed E-state index contributed by atoms with van der Waals surface area (Å²) >= 11 is 12.1. The number of aromatic nitrogens is 3. The van der Waals surface area contributed by atoms with Gasteiger partial charge < -0.3 is 19.7 Å². The van der Waals surface area contributed by atoms with Crippen molar-refractivity contribution >= 4 is 52.9 Å². The molecular weight excluding hydrogens is 453 g/mol. The van der Waals surface area contributed by atoms with E-state index in [-0.39, 0.29) is 0 Å². The number of hydrazone groups is 1. The molecule has 3 aromatic rings. The van der Waals surface area contributed by atoms with Crippen LogP contribution in [0.5, 0.6) is 5.75 Å². The SMILES string of the molecule is COc1ccc(Nc2nc(N/N=C/c3ccc(Cl)cc3Cl)nc(N3CCOCC3)n2)cc1. The summed E-state index contributed by atoms with van der Waals surface area (Å²) < 4.78 is 10.6. The average molecular weight is 474 g/mol. The van der Waals surface area contributed by atoms with Gasteiger partial charge in [-0.25, -0.2) is 5.43 Å². The largest absolute Gasteiger partial charge is 0.497 e. The maximum Gasteiger partial charge on any atom is 0.250 e. The number of nitrogens with zero attached hydrogens (tertiary/aromatic N) is 5. The maximum absolute atomic E-state index is 6.19. The number of nitrogens with one attached hydrogen (secondary N) is 2. The summed E-state index contributed by atoms with van der Waals surface area (Å²) in [6.45, 7) is 2.61. The number of ether oxygens (including phenoxy) is 2. The Morgan fingerprint density at radius 2 is 1.78 bits per heavy atom. The van der Waals surface area contributed by atoms with E-state index in [4.69, 9.17) is 32.7 Å². The first-order valence-corrected chi connectivity index (χ1v) is 10.6. The van der Waals surface area contributed by atoms with Gasteiger partial charge in [0.1, 0.15) is 5.75 Å². The van der Waals surface area contributed by atoms with Crippen molar-refractivity contribution in [2.45, 2.75) is 0 Å². The molecule has 0 unspecified atom stereocenters. The van der Waals surface area contributed by atoms with Crippen LogP contribution in [0.1, 0.15) is 5.56 Å². The van der Waals surface area contributed by atoms with E-state index in [1.54, 1.807) is 31.5 Å². The summed E-state index contributed by atoms with van der Waals surface area (Å²) in [5.41, 5.74) is 4.38. The molecule has 0 aliphatic carbocycles. The zero-order chi connectivity index (χ0) is 22.3. The van der Waals surface area contributed by atoms with Gasteiger partial charge in [-0.3, -0.25) is 0 Å². The molecule has 1 saturated heterocycles. The fourth-order valence-electron chi connectivity index (χ4n) is 2.94. The Balaban J connectivity index is 1.56. The molecule has 2 aromatic carbocycles. The van der Waals surface area contributed by atoms with Gasteiger partial charge in [0, 0.05) is 29.4 Å². The highest BCUT2D eigenvalue weighted by Gasteiger charge is 2.16. The van der Waals surface area contributed by atoms with Gasteiger partial charge in [0.2, 0.25) is 17.8 Å². The van der Waals surface area contributed by atoms with Gasteiger partial charge in [0.15, 0.2) is 0 Å². The smallest absolute Gasteiger partial charge is 0.250 e. The summed E-state index contributed by atoms with van der Waals surface area (Å²) in [6, 6.07) is 12.6. The van der Waals surface area contributed by atoms with Crippen LogP contribution in [0.2, 0.25) is 10.0 Å². The molecule has 1 aliphatic rings. The summed E-state index contributed by atoms with van der Waals surface area (Å²) in [7, 11) is 1.62. The van der Waals surface area contributed by atoms with Gasteiger partial charge in [0.05, 0.1) is 31.6 Å². The summed E-state index contributed by atoms with van der Waals surface area (Å²) in [5.74, 6) is 1.96. The molecule has 1 fully saturated rings. The topological polar surface area (TPSA) is 96.8 Å². The van der Waals surface area contributed by atoms with E-state index in [9.17, 15) is 0 Å². The highest BCUT2D eigenvalue weighted by molar-refractivity contribution is 6.36. The predicted octanol–water partition coefficient (Wildman–Crippen LogP) is 4.21. The van der Waals surface area contributed by atoms with Crippen molar-refractivity contribution in [3.63, 3.8) is 0 Å². The number of hydrogen-bond donors (Lipinski definition) is 2. The summed E-state index contributed by atoms with van der Waals surface area (Å²) in [4.78, 5) is 15.5. The lowest BCUT2D eigenvalue weighted by molar-refractivity contribution is 0.122. The maximum atomic E-state index is 6.19. The Morgan fingerprint density at radius 3 is 2.50 bits per heavy atom. The minimum atomic E-state index is 0.291. The highest BCUT2D eigenvalue weighted by Crippen LogP contribution is 2.22. The van der Waals surface area contributed by atoms with Gasteiger partial charge in [0.25, 0.3) is 0 Å². The second-order valence-corrected chi connectivity index (χ2v) is 7.62. The summed E-state index contributed by atoms with van der Waals surface area (Å²) in [6.07, 6.45) is 1.58. The molecule has 166 valence electrons. The molecule has 0 spiro atoms. The molecular formula is C21H21Cl2N7O2. The van der Waals surface area contributed by atoms with Crippen LogP contribution in [-0.4, -0.2) is 54.6 Å². The number of methoxy groups -OCH3 is 1. The first-order valence-electron chi connectivity index (χ1n) is 9.85. The van der Waals surface area contributed by atoms with E-state index in [0.29, 0.717) is 59.8 Å². The third-order valence-corrected chi connectivity index (χ3v) is 5.16. The van der Waals surface area contributed by atoms with E-state index in [2.05, 4.69) is 30.8 Å². The molecule has 0 saturated carbocycles. The monoisotopic (exact) mass is 473 g/mol. The molecule has 1 aliphatic heterocycles. The predicted molar refractivity (Wildman–Crippen MR) is 127 cm³/mol. The van der Waals surface area contributed by atoms with E-state index >= 15 is 0 Å². The molecule has 0 atom stereocenters. The van der Waals surface area contributed by atoms with Gasteiger partial charge in [-0.1, -0.05) is 29.3 Å². The Morgan fingerprint density at radius 1 is 1.03 bits per heavy atom. The van der Waals surface area contributed by atoms with Crippen LogP contribution in [0.4, 0.5) is 23.5 Å². The molecule has 9 nitrogen and oxygen atoms in total. The molecule has 0 bridgehead atoms. The van der Waals surface area contributed by atoms with Crippen LogP contribution in [-0.2, 0) is 4.74 Å². The van der Waals surface area contributed by atoms with Gasteiger partial charge in [-0.15, -0.1) is 0 Å². The molecule has 1 aromatic heterocycles. The van der Waals surface area contributed by atoms with E-state index < -0.39 is 0 Å². The molecule has 11 heteroatoms. The zero-order valence-electron chi connectivity index (χ0n) is 17.3. The van der Waals surface area contributed by atoms with Crippen molar-refractivity contribution in [3.05, 3.63) is 58.1 Å². The third-order valence-electron chi connectivity index (χ3n) is 4.59. The van der Waals surface area contributed by atoms with E-state index in [1.165, 1.54) is 0 Å². The first-order chi connectivity index (χ1) is 15.6. The highest BCUT2D eigenvalue weighted by atomic mass is 35.5. The number of hydrogen-bond acceptors (Lipinski definition) is 9. The summed E-state index contributed by atoms with van der Waals surface area (Å²) in [5, 5.41) is 8.46. The van der Waals surface area contributed by atoms with E-state index in [1.807, 2.05) is 29.2 Å². The quantitative estimate of drug-likeness (QED) is 0.388. The first kappa shape index (κ1) is 22.1. The van der Waals surface area contributed by atoms with Crippen LogP contribution < -0.4 is 20.4 Å². The van der Waals surface area contributed by atoms with Crippen LogP contribution in [0.15, 0.2) is 47.6 Å². The third kappa shape index (κ3) is 5.76. The Kier molecular flexibility index (Phi) is 7.21. The second kappa shape index (κ2) is 10.4. The molecule has 0 amide bonds. The molecule has 2 heterocycles. The van der Waals surface area contributed by atoms with Gasteiger partial charge in [-0.2, -0.15) is 20.1 Å². The van der Waals surface area contributed by atoms with Crippen molar-refractivity contribution in [1.82, 2.24) is 15.0 Å². The van der Waals surface area contributed by atoms with Crippen LogP contribution >= 0.6 is 23.2 Å². The van der Waals surface area contributed by atoms with Crippen molar-refractivity contribution in [1.29, 1.82) is 0 Å². The Hall–Kier alpha value is -3.14. The standard InChI is InChI=1S/C21H21Cl2N7O2/c1-31-17-6-4-16(5-7-17)25-19-26-20(28-21(27-19)30-8-10-32-11-9-30)29-24-13-14-2-3-15(22)12-18(14)23/h2-7,12-13H,8-11H2,1H3,(H2,25,26,27,28,29)/b24-13+. The fraction of sp³-hybridized carbons (Fsp3) is 0.238. The van der Waals surface area contributed by atoms with E-state index in [0.717, 1.165) is 11.4 Å². The minimum absolute atomic E-state index is 0.291. The van der Waals surface area contributed by atoms with Crippen molar-refractivity contribution in [3.8, 4) is 5.75 Å². The van der Waals surface area contributed by atoms with Gasteiger partial charge >= 0.3 is 0 Å². The Labute approximate surface area is 195 Å². The average Bonchev–Trinajstić information content (AvgIpc) is 2.81. The number of rotatable bonds is 7. The zero-order valence-corrected chi connectivity index (χ0v) is 18.8. The molecule has 4 rings (SSSR count). The number of morpholine rings is 1. The van der Waals surface area contributed by atoms with Crippen molar-refractivity contribution in [2.24, 2.45) is 5.10 Å². The van der Waals surface area contributed by atoms with Crippen molar-refractivity contribution < 1.29 is 9.47 Å². The lowest BCUT2D eigenvalue weighted by Crippen LogP contribution is -2.37. The lowest BCUT2D eigenvalue weighted by atomic mass is 10.2. The minimum Gasteiger partial charge on any atom is -0.497 e. The molecule has 32 heavy (non-hydrogen) atoms. The Bertz CT molecular complexity index is 1090. The second-order valence-electron chi connectivity index (χ2n) is 6.77. The number of halogens is 2. The van der Waals surface area contributed by atoms with Crippen LogP contribution in [0, 0.1) is 0 Å². The van der Waals surface area contributed by atoms with Gasteiger partial charge in [-0.05, 0) is 36.4 Å². The van der Waals surface area contributed by atoms with Crippen molar-refractivity contribution in [2.75, 3.05) is 49.1 Å². The number of benzene rings is 2. The fourth-order valence-corrected chi connectivity index (χ4v) is 3.40. The molecule has 2 N–H and O–H groups in total. The normalized spacial score (nSPS) is 13.9. The van der Waals surface area contributed by atoms with Crippen LogP contribution in [0.25, 0.3) is 0 Å². The van der Waals surface area contributed by atoms with Crippen LogP contribution in [0.3, 0.4) is 0 Å². The molecule has 0 radical (unpaired) electrons. The number of anilines is 4.